The Morgan fingerprint density at radius 1 is 1.50 bits per heavy atom. The van der Waals surface area contributed by atoms with Gasteiger partial charge in [-0.15, -0.1) is 0 Å². The number of hydrogen-bond donors (Lipinski definition) is 2. The van der Waals surface area contributed by atoms with Crippen LogP contribution in [0.1, 0.15) is 27.2 Å². The maximum atomic E-state index is 11.1. The van der Waals surface area contributed by atoms with E-state index < -0.39 is 11.9 Å². The molecule has 0 spiro atoms. The van der Waals surface area contributed by atoms with Gasteiger partial charge >= 0.3 is 0 Å². The first kappa shape index (κ1) is 11.1. The van der Waals surface area contributed by atoms with E-state index in [-0.39, 0.29) is 11.8 Å². The van der Waals surface area contributed by atoms with Crippen molar-refractivity contribution < 1.29 is 9.59 Å². The molecule has 12 heavy (non-hydrogen) atoms. The summed E-state index contributed by atoms with van der Waals surface area (Å²) in [6, 6.07) is -0.584. The lowest BCUT2D eigenvalue weighted by Gasteiger charge is -2.16. The van der Waals surface area contributed by atoms with E-state index in [2.05, 4.69) is 5.32 Å². The number of hydrogen-bond acceptors (Lipinski definition) is 3. The zero-order valence-electron chi connectivity index (χ0n) is 7.76. The Morgan fingerprint density at radius 2 is 2.00 bits per heavy atom. The van der Waals surface area contributed by atoms with E-state index in [4.69, 9.17) is 5.73 Å². The first-order valence-electron chi connectivity index (χ1n) is 4.06. The predicted molar refractivity (Wildman–Crippen MR) is 46.3 cm³/mol. The molecule has 3 N–H and O–H groups in total. The SMILES string of the molecule is CC[C@H](C)[C@H](N)C(=O)NC(C)=O. The molecule has 0 heterocycles. The van der Waals surface area contributed by atoms with Crippen molar-refractivity contribution in [1.29, 1.82) is 0 Å². The molecule has 0 aromatic rings. The standard InChI is InChI=1S/C8H16N2O2/c1-4-5(2)7(9)8(12)10-6(3)11/h5,7H,4,9H2,1-3H3,(H,10,11,12)/t5-,7-/m0/s1. The summed E-state index contributed by atoms with van der Waals surface area (Å²) in [5.74, 6) is -0.653. The maximum Gasteiger partial charge on any atom is 0.243 e. The molecule has 0 aliphatic carbocycles. The van der Waals surface area contributed by atoms with Gasteiger partial charge in [0.1, 0.15) is 0 Å². The maximum absolute atomic E-state index is 11.1. The molecule has 2 atom stereocenters. The fourth-order valence-electron chi connectivity index (χ4n) is 0.769. The van der Waals surface area contributed by atoms with E-state index in [9.17, 15) is 9.59 Å². The Labute approximate surface area is 72.5 Å². The second-order valence-electron chi connectivity index (χ2n) is 2.96. The number of carbonyl (C=O) groups is 2. The zero-order valence-corrected chi connectivity index (χ0v) is 7.76. The molecule has 0 fully saturated rings. The van der Waals surface area contributed by atoms with Crippen LogP contribution < -0.4 is 11.1 Å². The zero-order chi connectivity index (χ0) is 9.72. The Balaban J connectivity index is 4.01. The van der Waals surface area contributed by atoms with Gasteiger partial charge in [0.2, 0.25) is 11.8 Å². The molecule has 70 valence electrons. The van der Waals surface area contributed by atoms with Crippen LogP contribution in [0.15, 0.2) is 0 Å². The third-order valence-electron chi connectivity index (χ3n) is 1.86. The largest absolute Gasteiger partial charge is 0.320 e. The lowest BCUT2D eigenvalue weighted by Crippen LogP contribution is -2.46. The molecule has 0 aliphatic heterocycles. The summed E-state index contributed by atoms with van der Waals surface area (Å²) in [6.45, 7) is 5.12. The van der Waals surface area contributed by atoms with Gasteiger partial charge in [0.05, 0.1) is 6.04 Å². The van der Waals surface area contributed by atoms with Crippen molar-refractivity contribution in [1.82, 2.24) is 5.32 Å². The summed E-state index contributed by atoms with van der Waals surface area (Å²) >= 11 is 0. The number of rotatable bonds is 3. The van der Waals surface area contributed by atoms with Gasteiger partial charge in [0, 0.05) is 6.92 Å². The predicted octanol–water partition coefficient (Wildman–Crippen LogP) is 0.0225. The van der Waals surface area contributed by atoms with Gasteiger partial charge in [-0.3, -0.25) is 14.9 Å². The number of imide groups is 1. The number of carbonyl (C=O) groups excluding carboxylic acids is 2. The molecule has 4 heteroatoms. The molecule has 2 amide bonds. The number of amides is 2. The molecule has 0 rings (SSSR count). The normalized spacial score (nSPS) is 15.0. The lowest BCUT2D eigenvalue weighted by molar-refractivity contribution is -0.130. The molecule has 0 saturated carbocycles. The van der Waals surface area contributed by atoms with Crippen LogP contribution >= 0.6 is 0 Å². The lowest BCUT2D eigenvalue weighted by atomic mass is 9.99. The van der Waals surface area contributed by atoms with Crippen molar-refractivity contribution in [2.45, 2.75) is 33.2 Å². The molecule has 0 bridgehead atoms. The van der Waals surface area contributed by atoms with Crippen molar-refractivity contribution in [2.24, 2.45) is 11.7 Å². The monoisotopic (exact) mass is 172 g/mol. The molecule has 0 aromatic carbocycles. The third kappa shape index (κ3) is 3.48. The number of nitrogens with two attached hydrogens (primary N) is 1. The molecule has 0 radical (unpaired) electrons. The Hall–Kier alpha value is -0.900. The summed E-state index contributed by atoms with van der Waals surface area (Å²) in [5, 5.41) is 2.15. The van der Waals surface area contributed by atoms with Crippen LogP contribution in [-0.2, 0) is 9.59 Å². The molecule has 4 nitrogen and oxygen atoms in total. The fraction of sp³-hybridized carbons (Fsp3) is 0.750. The van der Waals surface area contributed by atoms with Gasteiger partial charge in [-0.25, -0.2) is 0 Å². The van der Waals surface area contributed by atoms with Gasteiger partial charge < -0.3 is 5.73 Å². The molecular weight excluding hydrogens is 156 g/mol. The van der Waals surface area contributed by atoms with Crippen LogP contribution in [-0.4, -0.2) is 17.9 Å². The van der Waals surface area contributed by atoms with Crippen molar-refractivity contribution >= 4 is 11.8 Å². The second-order valence-corrected chi connectivity index (χ2v) is 2.96. The van der Waals surface area contributed by atoms with Crippen molar-refractivity contribution in [3.8, 4) is 0 Å². The Bertz CT molecular complexity index is 180. The third-order valence-corrected chi connectivity index (χ3v) is 1.86. The molecule has 0 saturated heterocycles. The summed E-state index contributed by atoms with van der Waals surface area (Å²) in [7, 11) is 0. The minimum atomic E-state index is -0.584. The van der Waals surface area contributed by atoms with E-state index in [1.165, 1.54) is 6.92 Å². The topological polar surface area (TPSA) is 72.2 Å². The van der Waals surface area contributed by atoms with Crippen LogP contribution in [0.25, 0.3) is 0 Å². The average molecular weight is 172 g/mol. The highest BCUT2D eigenvalue weighted by Crippen LogP contribution is 2.04. The van der Waals surface area contributed by atoms with Gasteiger partial charge in [0.25, 0.3) is 0 Å². The highest BCUT2D eigenvalue weighted by atomic mass is 16.2. The smallest absolute Gasteiger partial charge is 0.243 e. The van der Waals surface area contributed by atoms with E-state index in [0.29, 0.717) is 0 Å². The van der Waals surface area contributed by atoms with Gasteiger partial charge in [-0.1, -0.05) is 20.3 Å². The van der Waals surface area contributed by atoms with Gasteiger partial charge in [-0.05, 0) is 5.92 Å². The van der Waals surface area contributed by atoms with E-state index in [1.54, 1.807) is 0 Å². The van der Waals surface area contributed by atoms with Crippen LogP contribution in [0.2, 0.25) is 0 Å². The summed E-state index contributed by atoms with van der Waals surface area (Å²) in [6.07, 6.45) is 0.826. The van der Waals surface area contributed by atoms with Crippen LogP contribution in [0, 0.1) is 5.92 Å². The molecule has 0 unspecified atom stereocenters. The highest BCUT2D eigenvalue weighted by molar-refractivity contribution is 5.96. The minimum Gasteiger partial charge on any atom is -0.320 e. The van der Waals surface area contributed by atoms with Crippen molar-refractivity contribution in [2.75, 3.05) is 0 Å². The Morgan fingerprint density at radius 3 is 2.33 bits per heavy atom. The second kappa shape index (κ2) is 4.87. The minimum absolute atomic E-state index is 0.101. The summed E-state index contributed by atoms with van der Waals surface area (Å²) in [5.41, 5.74) is 5.56. The quantitative estimate of drug-likeness (QED) is 0.630. The van der Waals surface area contributed by atoms with Crippen molar-refractivity contribution in [3.05, 3.63) is 0 Å². The van der Waals surface area contributed by atoms with Crippen molar-refractivity contribution in [3.63, 3.8) is 0 Å². The summed E-state index contributed by atoms with van der Waals surface area (Å²) < 4.78 is 0. The van der Waals surface area contributed by atoms with Gasteiger partial charge in [-0.2, -0.15) is 0 Å². The van der Waals surface area contributed by atoms with Crippen LogP contribution in [0.5, 0.6) is 0 Å². The van der Waals surface area contributed by atoms with E-state index >= 15 is 0 Å². The van der Waals surface area contributed by atoms with E-state index in [1.807, 2.05) is 13.8 Å². The molecule has 0 aromatic heterocycles. The van der Waals surface area contributed by atoms with E-state index in [0.717, 1.165) is 6.42 Å². The fourth-order valence-corrected chi connectivity index (χ4v) is 0.769. The summed E-state index contributed by atoms with van der Waals surface area (Å²) in [4.78, 5) is 21.6. The Kier molecular flexibility index (Phi) is 4.51. The van der Waals surface area contributed by atoms with Gasteiger partial charge in [0.15, 0.2) is 0 Å². The first-order valence-corrected chi connectivity index (χ1v) is 4.06. The first-order chi connectivity index (χ1) is 5.49. The molecule has 0 aliphatic rings. The molecular formula is C8H16N2O2. The highest BCUT2D eigenvalue weighted by Gasteiger charge is 2.19. The number of nitrogens with one attached hydrogen (secondary N) is 1. The van der Waals surface area contributed by atoms with Crippen LogP contribution in [0.3, 0.4) is 0 Å². The average Bonchev–Trinajstić information content (AvgIpc) is 2.00. The van der Waals surface area contributed by atoms with Crippen LogP contribution in [0.4, 0.5) is 0 Å².